The first-order chi connectivity index (χ1) is 12.8. The van der Waals surface area contributed by atoms with E-state index in [1.807, 2.05) is 30.3 Å². The molecule has 0 spiro atoms. The number of aromatic nitrogens is 2. The minimum Gasteiger partial charge on any atom is -0.344 e. The fraction of sp³-hybridized carbons (Fsp3) is 0.158. The van der Waals surface area contributed by atoms with Crippen LogP contribution >= 0.6 is 12.2 Å². The molecule has 1 unspecified atom stereocenters. The zero-order chi connectivity index (χ0) is 19.6. The number of benzene rings is 2. The minimum absolute atomic E-state index is 0.310. The molecule has 3 rings (SSSR count). The van der Waals surface area contributed by atoms with Crippen LogP contribution in [0.3, 0.4) is 0 Å². The van der Waals surface area contributed by atoms with Gasteiger partial charge < -0.3 is 10.3 Å². The third kappa shape index (κ3) is 4.11. The molecule has 1 aromatic heterocycles. The van der Waals surface area contributed by atoms with E-state index in [9.17, 15) is 18.0 Å². The van der Waals surface area contributed by atoms with Gasteiger partial charge >= 0.3 is 6.18 Å². The highest BCUT2D eigenvalue weighted by molar-refractivity contribution is 7.71. The average Bonchev–Trinajstić information content (AvgIpc) is 3.03. The Hall–Kier alpha value is -2.87. The Morgan fingerprint density at radius 3 is 2.33 bits per heavy atom. The highest BCUT2D eigenvalue weighted by Crippen LogP contribution is 2.30. The van der Waals surface area contributed by atoms with Gasteiger partial charge in [-0.05, 0) is 49.0 Å². The van der Waals surface area contributed by atoms with Gasteiger partial charge in [-0.2, -0.15) is 13.2 Å². The van der Waals surface area contributed by atoms with Crippen molar-refractivity contribution in [3.05, 3.63) is 82.4 Å². The highest BCUT2D eigenvalue weighted by Gasteiger charge is 2.30. The van der Waals surface area contributed by atoms with Crippen molar-refractivity contribution in [1.29, 1.82) is 0 Å². The molecule has 3 aromatic rings. The van der Waals surface area contributed by atoms with Crippen LogP contribution in [0.4, 0.5) is 13.2 Å². The van der Waals surface area contributed by atoms with E-state index in [0.717, 1.165) is 17.8 Å². The topological polar surface area (TPSA) is 49.8 Å². The van der Waals surface area contributed by atoms with Crippen molar-refractivity contribution in [2.24, 2.45) is 0 Å². The zero-order valence-corrected chi connectivity index (χ0v) is 15.1. The van der Waals surface area contributed by atoms with Gasteiger partial charge in [-0.15, -0.1) is 0 Å². The van der Waals surface area contributed by atoms with E-state index in [4.69, 9.17) is 12.2 Å². The molecule has 0 fully saturated rings. The van der Waals surface area contributed by atoms with Crippen LogP contribution in [-0.2, 0) is 6.18 Å². The predicted octanol–water partition coefficient (Wildman–Crippen LogP) is 5.04. The summed E-state index contributed by atoms with van der Waals surface area (Å²) in [5.41, 5.74) is 0.880. The molecule has 0 saturated carbocycles. The number of carbonyl (C=O) groups excluding carboxylic acids is 1. The van der Waals surface area contributed by atoms with Gasteiger partial charge in [0, 0.05) is 11.9 Å². The van der Waals surface area contributed by atoms with Gasteiger partial charge in [-0.3, -0.25) is 9.36 Å². The Morgan fingerprint density at radius 2 is 1.74 bits per heavy atom. The predicted molar refractivity (Wildman–Crippen MR) is 98.3 cm³/mol. The summed E-state index contributed by atoms with van der Waals surface area (Å²) in [5.74, 6) is -0.390. The molecule has 2 aromatic carbocycles. The van der Waals surface area contributed by atoms with E-state index in [2.05, 4.69) is 10.3 Å². The smallest absolute Gasteiger partial charge is 0.344 e. The van der Waals surface area contributed by atoms with Gasteiger partial charge in [0.15, 0.2) is 4.77 Å². The van der Waals surface area contributed by atoms with Crippen molar-refractivity contribution in [3.63, 3.8) is 0 Å². The number of imidazole rings is 1. The lowest BCUT2D eigenvalue weighted by molar-refractivity contribution is -0.137. The molecular weight excluding hydrogens is 375 g/mol. The number of carbonyl (C=O) groups is 1. The Balaban J connectivity index is 1.81. The van der Waals surface area contributed by atoms with Gasteiger partial charge in [-0.25, -0.2) is 0 Å². The molecule has 1 amide bonds. The maximum atomic E-state index is 12.7. The summed E-state index contributed by atoms with van der Waals surface area (Å²) in [6.45, 7) is 1.70. The van der Waals surface area contributed by atoms with E-state index in [1.54, 1.807) is 11.5 Å². The fourth-order valence-electron chi connectivity index (χ4n) is 2.68. The monoisotopic (exact) mass is 391 g/mol. The fourth-order valence-corrected chi connectivity index (χ4v) is 2.95. The van der Waals surface area contributed by atoms with Gasteiger partial charge in [0.1, 0.15) is 5.69 Å². The normalized spacial score (nSPS) is 12.6. The first-order valence-corrected chi connectivity index (χ1v) is 8.52. The van der Waals surface area contributed by atoms with Crippen molar-refractivity contribution in [2.75, 3.05) is 0 Å². The molecule has 1 heterocycles. The number of H-pyrrole nitrogens is 1. The number of hydrogen-bond acceptors (Lipinski definition) is 2. The maximum absolute atomic E-state index is 12.7. The van der Waals surface area contributed by atoms with Crippen molar-refractivity contribution >= 4 is 18.1 Å². The van der Waals surface area contributed by atoms with E-state index < -0.39 is 23.7 Å². The van der Waals surface area contributed by atoms with Crippen LogP contribution in [0.25, 0.3) is 5.69 Å². The standard InChI is InChI=1S/C19H16F3N3OS/c1-12(13-7-9-14(10-8-13)19(20,21)22)24-17(26)16-11-23-18(27)25(16)15-5-3-2-4-6-15/h2-12H,1H3,(H,23,27)(H,24,26). The largest absolute Gasteiger partial charge is 0.416 e. The Kier molecular flexibility index (Phi) is 5.18. The lowest BCUT2D eigenvalue weighted by Gasteiger charge is -2.16. The molecule has 0 saturated heterocycles. The third-order valence-corrected chi connectivity index (χ3v) is 4.41. The first-order valence-electron chi connectivity index (χ1n) is 8.11. The molecule has 140 valence electrons. The van der Waals surface area contributed by atoms with Gasteiger partial charge in [-0.1, -0.05) is 30.3 Å². The van der Waals surface area contributed by atoms with Crippen molar-refractivity contribution in [1.82, 2.24) is 14.9 Å². The summed E-state index contributed by atoms with van der Waals surface area (Å²) in [5, 5.41) is 2.79. The molecule has 0 radical (unpaired) electrons. The molecule has 8 heteroatoms. The molecule has 0 bridgehead atoms. The van der Waals surface area contributed by atoms with Gasteiger partial charge in [0.25, 0.3) is 5.91 Å². The number of aromatic amines is 1. The average molecular weight is 391 g/mol. The van der Waals surface area contributed by atoms with Crippen LogP contribution in [0, 0.1) is 4.77 Å². The third-order valence-electron chi connectivity index (χ3n) is 4.11. The maximum Gasteiger partial charge on any atom is 0.416 e. The summed E-state index contributed by atoms with van der Waals surface area (Å²) >= 11 is 5.25. The van der Waals surface area contributed by atoms with E-state index in [1.165, 1.54) is 18.3 Å². The number of para-hydroxylation sites is 1. The lowest BCUT2D eigenvalue weighted by Crippen LogP contribution is -2.28. The van der Waals surface area contributed by atoms with Crippen LogP contribution < -0.4 is 5.32 Å². The van der Waals surface area contributed by atoms with Crippen molar-refractivity contribution in [2.45, 2.75) is 19.1 Å². The van der Waals surface area contributed by atoms with E-state index in [-0.39, 0.29) is 0 Å². The Bertz CT molecular complexity index is 992. The molecule has 27 heavy (non-hydrogen) atoms. The van der Waals surface area contributed by atoms with Crippen molar-refractivity contribution in [3.8, 4) is 5.69 Å². The van der Waals surface area contributed by atoms with Crippen LogP contribution in [0.2, 0.25) is 0 Å². The minimum atomic E-state index is -4.39. The van der Waals surface area contributed by atoms with Gasteiger partial charge in [0.05, 0.1) is 11.6 Å². The van der Waals surface area contributed by atoms with E-state index >= 15 is 0 Å². The number of nitrogens with zero attached hydrogens (tertiary/aromatic N) is 1. The SMILES string of the molecule is CC(NC(=O)c1c[nH]c(=S)n1-c1ccccc1)c1ccc(C(F)(F)F)cc1. The highest BCUT2D eigenvalue weighted by atomic mass is 32.1. The lowest BCUT2D eigenvalue weighted by atomic mass is 10.1. The Labute approximate surface area is 158 Å². The van der Waals surface area contributed by atoms with Crippen LogP contribution in [-0.4, -0.2) is 15.5 Å². The molecule has 0 aliphatic carbocycles. The second-order valence-corrected chi connectivity index (χ2v) is 6.35. The summed E-state index contributed by atoms with van der Waals surface area (Å²) in [6, 6.07) is 13.4. The van der Waals surface area contributed by atoms with Crippen LogP contribution in [0.5, 0.6) is 0 Å². The molecule has 1 atom stereocenters. The molecule has 4 nitrogen and oxygen atoms in total. The second kappa shape index (κ2) is 7.40. The molecule has 0 aliphatic rings. The number of amides is 1. The number of alkyl halides is 3. The molecule has 2 N–H and O–H groups in total. The molecular formula is C19H16F3N3OS. The second-order valence-electron chi connectivity index (χ2n) is 5.96. The van der Waals surface area contributed by atoms with Crippen LogP contribution in [0.15, 0.2) is 60.8 Å². The number of halogens is 3. The number of nitrogens with one attached hydrogen (secondary N) is 2. The van der Waals surface area contributed by atoms with Gasteiger partial charge in [0.2, 0.25) is 0 Å². The number of hydrogen-bond donors (Lipinski definition) is 2. The summed E-state index contributed by atoms with van der Waals surface area (Å²) in [7, 11) is 0. The first kappa shape index (κ1) is 18.9. The molecule has 0 aliphatic heterocycles. The van der Waals surface area contributed by atoms with Crippen LogP contribution in [0.1, 0.15) is 34.6 Å². The zero-order valence-electron chi connectivity index (χ0n) is 14.2. The van der Waals surface area contributed by atoms with Crippen molar-refractivity contribution < 1.29 is 18.0 Å². The number of rotatable bonds is 4. The summed E-state index contributed by atoms with van der Waals surface area (Å²) < 4.78 is 40.0. The quantitative estimate of drug-likeness (QED) is 0.612. The summed E-state index contributed by atoms with van der Waals surface area (Å²) in [4.78, 5) is 15.5. The Morgan fingerprint density at radius 1 is 1.11 bits per heavy atom. The van der Waals surface area contributed by atoms with E-state index in [0.29, 0.717) is 16.0 Å². The summed E-state index contributed by atoms with van der Waals surface area (Å²) in [6.07, 6.45) is -2.89.